The van der Waals surface area contributed by atoms with E-state index >= 15 is 0 Å². The quantitative estimate of drug-likeness (QED) is 0.551. The number of H-pyrrole nitrogens is 1. The average molecular weight is 166 g/mol. The van der Waals surface area contributed by atoms with Crippen LogP contribution in [-0.2, 0) is 0 Å². The number of carbonyl (C=O) groups is 1. The lowest BCUT2D eigenvalue weighted by Crippen LogP contribution is -2.25. The maximum absolute atomic E-state index is 11.0. The van der Waals surface area contributed by atoms with Crippen LogP contribution in [0.1, 0.15) is 17.0 Å². The number of nitrogens with one attached hydrogen (secondary N) is 2. The van der Waals surface area contributed by atoms with Crippen molar-refractivity contribution in [2.45, 2.75) is 6.42 Å². The smallest absolute Gasteiger partial charge is 0.292 e. The van der Waals surface area contributed by atoms with Crippen molar-refractivity contribution in [2.24, 2.45) is 0 Å². The Morgan fingerprint density at radius 3 is 3.17 bits per heavy atom. The monoisotopic (exact) mass is 166 g/mol. The van der Waals surface area contributed by atoms with Crippen molar-refractivity contribution < 1.29 is 4.79 Å². The molecule has 0 bridgehead atoms. The molecule has 1 rings (SSSR count). The Kier molecular flexibility index (Phi) is 2.73. The zero-order chi connectivity index (χ0) is 8.81. The molecule has 2 N–H and O–H groups in total. The molecule has 1 aromatic heterocycles. The van der Waals surface area contributed by atoms with Gasteiger partial charge in [0, 0.05) is 6.54 Å². The largest absolute Gasteiger partial charge is 0.348 e. The Hall–Kier alpha value is -1.97. The zero-order valence-electron chi connectivity index (χ0n) is 6.11. The van der Waals surface area contributed by atoms with Crippen LogP contribution in [0.4, 0.5) is 0 Å². The van der Waals surface area contributed by atoms with Gasteiger partial charge in [-0.15, -0.1) is 10.2 Å². The highest BCUT2D eigenvalue weighted by molar-refractivity contribution is 5.89. The summed E-state index contributed by atoms with van der Waals surface area (Å²) in [7, 11) is 0. The first-order valence-electron chi connectivity index (χ1n) is 3.23. The molecule has 1 heterocycles. The van der Waals surface area contributed by atoms with Crippen molar-refractivity contribution in [3.05, 3.63) is 5.82 Å². The van der Waals surface area contributed by atoms with E-state index in [2.05, 4.69) is 25.9 Å². The number of rotatable bonds is 3. The minimum Gasteiger partial charge on any atom is -0.348 e. The number of hydrogen-bond donors (Lipinski definition) is 2. The summed E-state index contributed by atoms with van der Waals surface area (Å²) in [6.45, 7) is 0.296. The number of amides is 1. The first kappa shape index (κ1) is 8.13. The molecule has 0 aliphatic rings. The number of tetrazole rings is 1. The van der Waals surface area contributed by atoms with E-state index < -0.39 is 5.91 Å². The van der Waals surface area contributed by atoms with E-state index in [0.717, 1.165) is 0 Å². The highest BCUT2D eigenvalue weighted by Gasteiger charge is 2.08. The van der Waals surface area contributed by atoms with Crippen molar-refractivity contribution in [3.8, 4) is 6.07 Å². The molecule has 0 spiro atoms. The van der Waals surface area contributed by atoms with Crippen LogP contribution in [0, 0.1) is 11.3 Å². The van der Waals surface area contributed by atoms with Gasteiger partial charge in [-0.25, -0.2) is 0 Å². The van der Waals surface area contributed by atoms with Crippen LogP contribution in [-0.4, -0.2) is 33.1 Å². The highest BCUT2D eigenvalue weighted by Crippen LogP contribution is 1.82. The number of carbonyl (C=O) groups excluding carboxylic acids is 1. The normalized spacial score (nSPS) is 8.92. The van der Waals surface area contributed by atoms with E-state index in [0.29, 0.717) is 6.54 Å². The van der Waals surface area contributed by atoms with Crippen LogP contribution in [0.15, 0.2) is 0 Å². The fourth-order valence-corrected chi connectivity index (χ4v) is 0.569. The van der Waals surface area contributed by atoms with Gasteiger partial charge in [0.25, 0.3) is 11.7 Å². The lowest BCUT2D eigenvalue weighted by molar-refractivity contribution is 0.0944. The van der Waals surface area contributed by atoms with E-state index in [1.807, 2.05) is 6.07 Å². The van der Waals surface area contributed by atoms with Gasteiger partial charge in [-0.2, -0.15) is 10.5 Å². The van der Waals surface area contributed by atoms with E-state index in [1.54, 1.807) is 0 Å². The first-order valence-corrected chi connectivity index (χ1v) is 3.23. The van der Waals surface area contributed by atoms with Crippen LogP contribution in [0.5, 0.6) is 0 Å². The van der Waals surface area contributed by atoms with Gasteiger partial charge < -0.3 is 5.32 Å². The van der Waals surface area contributed by atoms with Crippen LogP contribution in [0.25, 0.3) is 0 Å². The van der Waals surface area contributed by atoms with Gasteiger partial charge >= 0.3 is 0 Å². The van der Waals surface area contributed by atoms with E-state index in [9.17, 15) is 4.79 Å². The molecule has 0 saturated carbocycles. The summed E-state index contributed by atoms with van der Waals surface area (Å²) in [5.41, 5.74) is 0. The predicted molar refractivity (Wildman–Crippen MR) is 36.7 cm³/mol. The van der Waals surface area contributed by atoms with Crippen molar-refractivity contribution in [2.75, 3.05) is 6.54 Å². The summed E-state index contributed by atoms with van der Waals surface area (Å²) in [5.74, 6) is -0.452. The Morgan fingerprint density at radius 1 is 1.75 bits per heavy atom. The van der Waals surface area contributed by atoms with E-state index in [4.69, 9.17) is 5.26 Å². The minimum atomic E-state index is -0.431. The van der Waals surface area contributed by atoms with Crippen LogP contribution in [0.3, 0.4) is 0 Å². The SMILES string of the molecule is N#CCCNC(=O)c1nn[nH]n1. The van der Waals surface area contributed by atoms with Gasteiger partial charge in [0.15, 0.2) is 0 Å². The fraction of sp³-hybridized carbons (Fsp3) is 0.400. The molecule has 0 aromatic carbocycles. The third-order valence-corrected chi connectivity index (χ3v) is 1.07. The molecule has 1 amide bonds. The predicted octanol–water partition coefficient (Wildman–Crippen LogP) is -1.16. The summed E-state index contributed by atoms with van der Waals surface area (Å²) < 4.78 is 0. The summed E-state index contributed by atoms with van der Waals surface area (Å²) in [6.07, 6.45) is 0.267. The van der Waals surface area contributed by atoms with Gasteiger partial charge in [0.1, 0.15) is 0 Å². The number of aromatic nitrogens is 4. The molecule has 7 heteroatoms. The average Bonchev–Trinajstić information content (AvgIpc) is 2.56. The van der Waals surface area contributed by atoms with Gasteiger partial charge in [0.2, 0.25) is 0 Å². The Morgan fingerprint density at radius 2 is 2.58 bits per heavy atom. The second kappa shape index (κ2) is 4.02. The summed E-state index contributed by atoms with van der Waals surface area (Å²) >= 11 is 0. The van der Waals surface area contributed by atoms with E-state index in [1.165, 1.54) is 0 Å². The molecule has 7 nitrogen and oxygen atoms in total. The number of hydrogen-bond acceptors (Lipinski definition) is 5. The van der Waals surface area contributed by atoms with Crippen molar-refractivity contribution >= 4 is 5.91 Å². The summed E-state index contributed by atoms with van der Waals surface area (Å²) in [6, 6.07) is 1.89. The zero-order valence-corrected chi connectivity index (χ0v) is 6.11. The molecule has 0 aliphatic heterocycles. The number of nitrogens with zero attached hydrogens (tertiary/aromatic N) is 4. The Balaban J connectivity index is 2.36. The Bertz CT molecular complexity index is 285. The number of nitriles is 1. The van der Waals surface area contributed by atoms with Crippen molar-refractivity contribution in [1.82, 2.24) is 25.9 Å². The van der Waals surface area contributed by atoms with E-state index in [-0.39, 0.29) is 12.2 Å². The Labute approximate surface area is 67.8 Å². The van der Waals surface area contributed by atoms with Crippen LogP contribution < -0.4 is 5.32 Å². The van der Waals surface area contributed by atoms with Crippen molar-refractivity contribution in [3.63, 3.8) is 0 Å². The first-order chi connectivity index (χ1) is 5.84. The maximum Gasteiger partial charge on any atom is 0.292 e. The van der Waals surface area contributed by atoms with Gasteiger partial charge in [-0.05, 0) is 5.21 Å². The molecule has 62 valence electrons. The highest BCUT2D eigenvalue weighted by atomic mass is 16.2. The lowest BCUT2D eigenvalue weighted by atomic mass is 10.4. The van der Waals surface area contributed by atoms with Crippen LogP contribution in [0.2, 0.25) is 0 Å². The maximum atomic E-state index is 11.0. The standard InChI is InChI=1S/C5H6N6O/c6-2-1-3-7-5(12)4-8-10-11-9-4/h1,3H2,(H,7,12)(H,8,9,10,11). The number of aromatic amines is 1. The molecule has 12 heavy (non-hydrogen) atoms. The van der Waals surface area contributed by atoms with Gasteiger partial charge in [0.05, 0.1) is 12.5 Å². The second-order valence-electron chi connectivity index (χ2n) is 1.90. The minimum absolute atomic E-state index is 0.0204. The molecule has 0 atom stereocenters. The third kappa shape index (κ3) is 2.02. The summed E-state index contributed by atoms with van der Waals surface area (Å²) in [4.78, 5) is 11.0. The molecular formula is C5H6N6O. The molecule has 0 aliphatic carbocycles. The fourth-order valence-electron chi connectivity index (χ4n) is 0.569. The third-order valence-electron chi connectivity index (χ3n) is 1.07. The lowest BCUT2D eigenvalue weighted by Gasteiger charge is -1.95. The molecule has 0 unspecified atom stereocenters. The van der Waals surface area contributed by atoms with Crippen molar-refractivity contribution in [1.29, 1.82) is 5.26 Å². The molecule has 0 saturated heterocycles. The topological polar surface area (TPSA) is 107 Å². The molecule has 0 radical (unpaired) electrons. The molecular weight excluding hydrogens is 160 g/mol. The van der Waals surface area contributed by atoms with Gasteiger partial charge in [-0.3, -0.25) is 4.79 Å². The van der Waals surface area contributed by atoms with Crippen LogP contribution >= 0.6 is 0 Å². The molecule has 0 fully saturated rings. The molecule has 1 aromatic rings. The summed E-state index contributed by atoms with van der Waals surface area (Å²) in [5, 5.41) is 22.9. The van der Waals surface area contributed by atoms with Gasteiger partial charge in [-0.1, -0.05) is 0 Å². The second-order valence-corrected chi connectivity index (χ2v) is 1.90.